The third-order valence-electron chi connectivity index (χ3n) is 4.37. The zero-order valence-corrected chi connectivity index (χ0v) is 12.8. The summed E-state index contributed by atoms with van der Waals surface area (Å²) in [6, 6.07) is 0. The molecule has 4 rings (SSSR count). The molecule has 0 unspecified atom stereocenters. The number of aromatic nitrogens is 5. The van der Waals surface area contributed by atoms with Crippen LogP contribution in [0.2, 0.25) is 0 Å². The van der Waals surface area contributed by atoms with Gasteiger partial charge < -0.3 is 11.1 Å². The Kier molecular flexibility index (Phi) is 3.63. The van der Waals surface area contributed by atoms with E-state index in [0.717, 1.165) is 36.2 Å². The van der Waals surface area contributed by atoms with Crippen LogP contribution in [0.4, 0.5) is 5.82 Å². The quantitative estimate of drug-likeness (QED) is 0.757. The zero-order chi connectivity index (χ0) is 15.6. The Labute approximate surface area is 134 Å². The number of rotatable bonds is 3. The first-order chi connectivity index (χ1) is 11.3. The Bertz CT molecular complexity index is 820. The molecule has 7 nitrogen and oxygen atoms in total. The van der Waals surface area contributed by atoms with Gasteiger partial charge >= 0.3 is 0 Å². The summed E-state index contributed by atoms with van der Waals surface area (Å²) >= 11 is 0. The third-order valence-corrected chi connectivity index (χ3v) is 4.37. The van der Waals surface area contributed by atoms with Gasteiger partial charge in [0.05, 0.1) is 23.5 Å². The lowest BCUT2D eigenvalue weighted by Crippen LogP contribution is -2.31. The molecule has 1 saturated heterocycles. The molecule has 0 saturated carbocycles. The highest BCUT2D eigenvalue weighted by Crippen LogP contribution is 2.24. The molecule has 1 fully saturated rings. The molecule has 0 radical (unpaired) electrons. The number of nitrogens with zero attached hydrogens (tertiary/aromatic N) is 5. The van der Waals surface area contributed by atoms with Crippen LogP contribution in [0.15, 0.2) is 31.0 Å². The third kappa shape index (κ3) is 2.75. The average Bonchev–Trinajstić information content (AvgIpc) is 3.02. The Morgan fingerprint density at radius 3 is 3.09 bits per heavy atom. The monoisotopic (exact) mass is 309 g/mol. The molecule has 0 amide bonds. The van der Waals surface area contributed by atoms with E-state index < -0.39 is 0 Å². The van der Waals surface area contributed by atoms with Crippen molar-refractivity contribution in [3.8, 4) is 11.4 Å². The van der Waals surface area contributed by atoms with Gasteiger partial charge in [-0.3, -0.25) is 4.98 Å². The highest BCUT2D eigenvalue weighted by atomic mass is 15.2. The van der Waals surface area contributed by atoms with Gasteiger partial charge in [0.1, 0.15) is 5.82 Å². The van der Waals surface area contributed by atoms with E-state index in [4.69, 9.17) is 5.73 Å². The summed E-state index contributed by atoms with van der Waals surface area (Å²) in [7, 11) is 0. The van der Waals surface area contributed by atoms with E-state index in [1.165, 1.54) is 12.8 Å². The van der Waals surface area contributed by atoms with Crippen LogP contribution in [0.25, 0.3) is 16.9 Å². The molecule has 0 aromatic carbocycles. The van der Waals surface area contributed by atoms with E-state index in [1.54, 1.807) is 29.3 Å². The minimum Gasteiger partial charge on any atom is -0.383 e. The van der Waals surface area contributed by atoms with Crippen LogP contribution in [0.5, 0.6) is 0 Å². The van der Waals surface area contributed by atoms with Gasteiger partial charge in [0.25, 0.3) is 0 Å². The molecule has 23 heavy (non-hydrogen) atoms. The van der Waals surface area contributed by atoms with Gasteiger partial charge in [0.15, 0.2) is 5.82 Å². The molecule has 1 aliphatic rings. The van der Waals surface area contributed by atoms with Gasteiger partial charge in [-0.05, 0) is 38.3 Å². The van der Waals surface area contributed by atoms with Crippen LogP contribution >= 0.6 is 0 Å². The number of piperidine rings is 1. The summed E-state index contributed by atoms with van der Waals surface area (Å²) in [5.41, 5.74) is 8.91. The van der Waals surface area contributed by atoms with E-state index in [0.29, 0.717) is 17.6 Å². The van der Waals surface area contributed by atoms with E-state index in [1.807, 2.05) is 6.20 Å². The molecule has 0 aliphatic carbocycles. The number of hydrogen-bond donors (Lipinski definition) is 2. The fraction of sp³-hybridized carbons (Fsp3) is 0.375. The van der Waals surface area contributed by atoms with Crippen LogP contribution < -0.4 is 11.1 Å². The largest absolute Gasteiger partial charge is 0.383 e. The highest BCUT2D eigenvalue weighted by molar-refractivity contribution is 5.75. The van der Waals surface area contributed by atoms with Gasteiger partial charge in [-0.15, -0.1) is 0 Å². The fourth-order valence-corrected chi connectivity index (χ4v) is 3.12. The Hall–Kier alpha value is -2.54. The summed E-state index contributed by atoms with van der Waals surface area (Å²) in [6.45, 7) is 2.16. The van der Waals surface area contributed by atoms with Gasteiger partial charge in [0, 0.05) is 24.2 Å². The number of nitrogens with two attached hydrogens (primary N) is 1. The predicted molar refractivity (Wildman–Crippen MR) is 87.7 cm³/mol. The van der Waals surface area contributed by atoms with Crippen LogP contribution in [0.1, 0.15) is 18.4 Å². The van der Waals surface area contributed by atoms with Crippen molar-refractivity contribution in [2.75, 3.05) is 18.8 Å². The van der Waals surface area contributed by atoms with Crippen molar-refractivity contribution < 1.29 is 0 Å². The van der Waals surface area contributed by atoms with Crippen molar-refractivity contribution in [3.63, 3.8) is 0 Å². The SMILES string of the molecule is Nc1nc(-c2cnn3ccncc23)ncc1C[C@H]1CCCNC1. The first-order valence-corrected chi connectivity index (χ1v) is 7.91. The molecule has 1 atom stereocenters. The molecule has 3 aromatic rings. The van der Waals surface area contributed by atoms with Crippen molar-refractivity contribution in [2.45, 2.75) is 19.3 Å². The number of anilines is 1. The van der Waals surface area contributed by atoms with Crippen LogP contribution in [-0.4, -0.2) is 37.7 Å². The maximum atomic E-state index is 6.17. The van der Waals surface area contributed by atoms with Crippen molar-refractivity contribution in [1.29, 1.82) is 0 Å². The van der Waals surface area contributed by atoms with Gasteiger partial charge in [-0.1, -0.05) is 0 Å². The second-order valence-corrected chi connectivity index (χ2v) is 5.98. The molecule has 118 valence electrons. The predicted octanol–water partition coefficient (Wildman–Crippen LogP) is 1.31. The molecular weight excluding hydrogens is 290 g/mol. The van der Waals surface area contributed by atoms with Crippen LogP contribution in [-0.2, 0) is 6.42 Å². The maximum Gasteiger partial charge on any atom is 0.165 e. The van der Waals surface area contributed by atoms with E-state index in [2.05, 4.69) is 25.4 Å². The minimum atomic E-state index is 0.559. The summed E-state index contributed by atoms with van der Waals surface area (Å²) in [6.07, 6.45) is 12.2. The second kappa shape index (κ2) is 5.92. The Morgan fingerprint density at radius 1 is 1.30 bits per heavy atom. The lowest BCUT2D eigenvalue weighted by atomic mass is 9.93. The van der Waals surface area contributed by atoms with Gasteiger partial charge in [-0.25, -0.2) is 14.5 Å². The van der Waals surface area contributed by atoms with Crippen LogP contribution in [0.3, 0.4) is 0 Å². The highest BCUT2D eigenvalue weighted by Gasteiger charge is 2.17. The lowest BCUT2D eigenvalue weighted by Gasteiger charge is -2.22. The average molecular weight is 309 g/mol. The molecule has 0 spiro atoms. The second-order valence-electron chi connectivity index (χ2n) is 5.98. The first-order valence-electron chi connectivity index (χ1n) is 7.91. The molecule has 4 heterocycles. The normalized spacial score (nSPS) is 18.3. The molecular formula is C16H19N7. The molecule has 0 bridgehead atoms. The number of nitrogens with one attached hydrogen (secondary N) is 1. The molecule has 3 aromatic heterocycles. The van der Waals surface area contributed by atoms with Gasteiger partial charge in [-0.2, -0.15) is 5.10 Å². The summed E-state index contributed by atoms with van der Waals surface area (Å²) < 4.78 is 1.75. The molecule has 7 heteroatoms. The van der Waals surface area contributed by atoms with E-state index >= 15 is 0 Å². The summed E-state index contributed by atoms with van der Waals surface area (Å²) in [5.74, 6) is 1.77. The number of fused-ring (bicyclic) bond motifs is 1. The lowest BCUT2D eigenvalue weighted by molar-refractivity contribution is 0.376. The Balaban J connectivity index is 1.62. The van der Waals surface area contributed by atoms with Crippen molar-refractivity contribution in [1.82, 2.24) is 29.9 Å². The van der Waals surface area contributed by atoms with Crippen molar-refractivity contribution in [2.24, 2.45) is 5.92 Å². The topological polar surface area (TPSA) is 94.0 Å². The van der Waals surface area contributed by atoms with Crippen molar-refractivity contribution in [3.05, 3.63) is 36.5 Å². The van der Waals surface area contributed by atoms with E-state index in [-0.39, 0.29) is 0 Å². The Morgan fingerprint density at radius 2 is 2.26 bits per heavy atom. The number of hydrogen-bond acceptors (Lipinski definition) is 6. The summed E-state index contributed by atoms with van der Waals surface area (Å²) in [5, 5.41) is 7.72. The van der Waals surface area contributed by atoms with Gasteiger partial charge in [0.2, 0.25) is 0 Å². The number of nitrogen functional groups attached to an aromatic ring is 1. The fourth-order valence-electron chi connectivity index (χ4n) is 3.12. The first kappa shape index (κ1) is 14.1. The van der Waals surface area contributed by atoms with Crippen molar-refractivity contribution >= 4 is 11.3 Å². The molecule has 3 N–H and O–H groups in total. The standard InChI is InChI=1S/C16H19N7/c17-15-12(6-11-2-1-3-18-7-11)8-20-16(22-15)13-9-21-23-5-4-19-10-14(13)23/h4-5,8-11,18H,1-3,6-7H2,(H2,17,20,22)/t11-/m1/s1. The zero-order valence-electron chi connectivity index (χ0n) is 12.8. The molecule has 1 aliphatic heterocycles. The smallest absolute Gasteiger partial charge is 0.165 e. The minimum absolute atomic E-state index is 0.559. The maximum absolute atomic E-state index is 6.17. The summed E-state index contributed by atoms with van der Waals surface area (Å²) in [4.78, 5) is 13.1. The van der Waals surface area contributed by atoms with Crippen LogP contribution in [0, 0.1) is 5.92 Å². The van der Waals surface area contributed by atoms with E-state index in [9.17, 15) is 0 Å².